The van der Waals surface area contributed by atoms with Crippen molar-refractivity contribution >= 4 is 28.5 Å². The molecule has 0 radical (unpaired) electrons. The highest BCUT2D eigenvalue weighted by Gasteiger charge is 2.24. The summed E-state index contributed by atoms with van der Waals surface area (Å²) in [6.07, 6.45) is 3.36. The van der Waals surface area contributed by atoms with Crippen LogP contribution in [0.3, 0.4) is 0 Å². The van der Waals surface area contributed by atoms with Crippen LogP contribution >= 0.6 is 0 Å². The highest BCUT2D eigenvalue weighted by Crippen LogP contribution is 2.18. The molecule has 7 heteroatoms. The predicted octanol–water partition coefficient (Wildman–Crippen LogP) is 3.20. The molecule has 2 aromatic heterocycles. The van der Waals surface area contributed by atoms with Gasteiger partial charge in [-0.25, -0.2) is 4.98 Å². The van der Waals surface area contributed by atoms with E-state index in [-0.39, 0.29) is 29.4 Å². The topological polar surface area (TPSA) is 84.3 Å². The zero-order chi connectivity index (χ0) is 22.1. The zero-order valence-electron chi connectivity index (χ0n) is 18.1. The average molecular weight is 418 g/mol. The summed E-state index contributed by atoms with van der Waals surface area (Å²) in [4.78, 5) is 45.1. The molecule has 1 N–H and O–H groups in total. The van der Waals surface area contributed by atoms with E-state index in [0.717, 1.165) is 35.3 Å². The molecule has 0 spiro atoms. The van der Waals surface area contributed by atoms with Gasteiger partial charge in [-0.05, 0) is 62.9 Å². The quantitative estimate of drug-likeness (QED) is 0.705. The first-order valence-electron chi connectivity index (χ1n) is 10.5. The smallest absolute Gasteiger partial charge is 0.259 e. The molecule has 160 valence electrons. The molecule has 4 rings (SSSR count). The second kappa shape index (κ2) is 8.34. The summed E-state index contributed by atoms with van der Waals surface area (Å²) in [6, 6.07) is 9.29. The van der Waals surface area contributed by atoms with Crippen LogP contribution < -0.4 is 10.7 Å². The van der Waals surface area contributed by atoms with E-state index >= 15 is 0 Å². The van der Waals surface area contributed by atoms with Gasteiger partial charge in [-0.15, -0.1) is 0 Å². The SMILES string of the molecule is Cc1ccc(C)c(NC(=O)Cn2cc(C(=O)N3CCCC3)c(=O)c3ccc(C)nc32)c1. The number of amides is 2. The van der Waals surface area contributed by atoms with Gasteiger partial charge in [0.2, 0.25) is 11.3 Å². The third kappa shape index (κ3) is 4.21. The number of benzene rings is 1. The molecule has 1 aromatic carbocycles. The van der Waals surface area contributed by atoms with Crippen molar-refractivity contribution in [2.24, 2.45) is 0 Å². The Labute approximate surface area is 180 Å². The summed E-state index contributed by atoms with van der Waals surface area (Å²) in [5.74, 6) is -0.532. The number of nitrogens with zero attached hydrogens (tertiary/aromatic N) is 3. The number of hydrogen-bond acceptors (Lipinski definition) is 4. The molecule has 1 saturated heterocycles. The number of fused-ring (bicyclic) bond motifs is 1. The van der Waals surface area contributed by atoms with Gasteiger partial charge in [-0.2, -0.15) is 0 Å². The van der Waals surface area contributed by atoms with Crippen molar-refractivity contribution in [1.82, 2.24) is 14.5 Å². The van der Waals surface area contributed by atoms with Gasteiger partial charge in [0.05, 0.1) is 5.39 Å². The van der Waals surface area contributed by atoms with Crippen LogP contribution in [0, 0.1) is 20.8 Å². The Morgan fingerprint density at radius 2 is 1.81 bits per heavy atom. The molecule has 0 atom stereocenters. The lowest BCUT2D eigenvalue weighted by Gasteiger charge is -2.18. The monoisotopic (exact) mass is 418 g/mol. The lowest BCUT2D eigenvalue weighted by molar-refractivity contribution is -0.116. The fraction of sp³-hybridized carbons (Fsp3) is 0.333. The maximum atomic E-state index is 13.0. The number of aromatic nitrogens is 2. The summed E-state index contributed by atoms with van der Waals surface area (Å²) in [5.41, 5.74) is 3.62. The fourth-order valence-corrected chi connectivity index (χ4v) is 3.94. The standard InChI is InChI=1S/C24H26N4O3/c1-15-6-7-16(2)20(12-15)26-21(29)14-28-13-19(24(31)27-10-4-5-11-27)22(30)18-9-8-17(3)25-23(18)28/h6-9,12-13H,4-5,10-11,14H2,1-3H3,(H,26,29). The minimum absolute atomic E-state index is 0.0547. The molecular formula is C24H26N4O3. The van der Waals surface area contributed by atoms with Gasteiger partial charge in [-0.3, -0.25) is 14.4 Å². The molecule has 31 heavy (non-hydrogen) atoms. The molecule has 2 amide bonds. The van der Waals surface area contributed by atoms with Crippen molar-refractivity contribution in [3.63, 3.8) is 0 Å². The molecule has 0 saturated carbocycles. The third-order valence-corrected chi connectivity index (χ3v) is 5.67. The number of rotatable bonds is 4. The van der Waals surface area contributed by atoms with Gasteiger partial charge in [0.1, 0.15) is 17.8 Å². The first kappa shape index (κ1) is 20.8. The Morgan fingerprint density at radius 1 is 1.06 bits per heavy atom. The zero-order valence-corrected chi connectivity index (χ0v) is 18.1. The van der Waals surface area contributed by atoms with Crippen LogP contribution in [0.15, 0.2) is 41.3 Å². The van der Waals surface area contributed by atoms with Crippen LogP contribution in [0.25, 0.3) is 11.0 Å². The van der Waals surface area contributed by atoms with Crippen molar-refractivity contribution in [2.75, 3.05) is 18.4 Å². The first-order valence-corrected chi connectivity index (χ1v) is 10.5. The number of hydrogen-bond donors (Lipinski definition) is 1. The molecule has 0 unspecified atom stereocenters. The van der Waals surface area contributed by atoms with E-state index in [1.807, 2.05) is 39.0 Å². The summed E-state index contributed by atoms with van der Waals surface area (Å²) in [7, 11) is 0. The lowest BCUT2D eigenvalue weighted by Crippen LogP contribution is -2.33. The number of carbonyl (C=O) groups is 2. The Balaban J connectivity index is 1.73. The maximum Gasteiger partial charge on any atom is 0.259 e. The van der Waals surface area contributed by atoms with Crippen molar-refractivity contribution in [3.05, 3.63) is 69.1 Å². The Kier molecular flexibility index (Phi) is 5.59. The molecule has 7 nitrogen and oxygen atoms in total. The molecule has 3 heterocycles. The van der Waals surface area contributed by atoms with Gasteiger partial charge in [0, 0.05) is 30.7 Å². The van der Waals surface area contributed by atoms with Crippen LogP contribution in [0.1, 0.15) is 40.0 Å². The van der Waals surface area contributed by atoms with Gasteiger partial charge in [0.15, 0.2) is 0 Å². The van der Waals surface area contributed by atoms with Crippen molar-refractivity contribution in [2.45, 2.75) is 40.2 Å². The number of carbonyl (C=O) groups excluding carboxylic acids is 2. The minimum Gasteiger partial charge on any atom is -0.338 e. The van der Waals surface area contributed by atoms with Crippen LogP contribution in [-0.4, -0.2) is 39.4 Å². The highest BCUT2D eigenvalue weighted by molar-refractivity contribution is 5.98. The van der Waals surface area contributed by atoms with Crippen LogP contribution in [-0.2, 0) is 11.3 Å². The van der Waals surface area contributed by atoms with Crippen molar-refractivity contribution < 1.29 is 9.59 Å². The van der Waals surface area contributed by atoms with Gasteiger partial charge in [-0.1, -0.05) is 12.1 Å². The lowest BCUT2D eigenvalue weighted by atomic mass is 10.1. The largest absolute Gasteiger partial charge is 0.338 e. The maximum absolute atomic E-state index is 13.0. The van der Waals surface area contributed by atoms with E-state index in [1.54, 1.807) is 21.6 Å². The summed E-state index contributed by atoms with van der Waals surface area (Å²) < 4.78 is 1.60. The number of aryl methyl sites for hydroxylation is 3. The van der Waals surface area contributed by atoms with E-state index in [2.05, 4.69) is 10.3 Å². The number of anilines is 1. The predicted molar refractivity (Wildman–Crippen MR) is 120 cm³/mol. The van der Waals surface area contributed by atoms with E-state index in [9.17, 15) is 14.4 Å². The number of nitrogens with one attached hydrogen (secondary N) is 1. The van der Waals surface area contributed by atoms with Gasteiger partial charge in [0.25, 0.3) is 5.91 Å². The Morgan fingerprint density at radius 3 is 2.55 bits per heavy atom. The Bertz CT molecular complexity index is 1240. The average Bonchev–Trinajstić information content (AvgIpc) is 3.27. The Hall–Kier alpha value is -3.48. The molecule has 1 aliphatic rings. The van der Waals surface area contributed by atoms with Crippen molar-refractivity contribution in [3.8, 4) is 0 Å². The van der Waals surface area contributed by atoms with Crippen LogP contribution in [0.5, 0.6) is 0 Å². The molecule has 1 fully saturated rings. The van der Waals surface area contributed by atoms with Crippen LogP contribution in [0.4, 0.5) is 5.69 Å². The van der Waals surface area contributed by atoms with Crippen LogP contribution in [0.2, 0.25) is 0 Å². The van der Waals surface area contributed by atoms with E-state index in [1.165, 1.54) is 6.20 Å². The third-order valence-electron chi connectivity index (χ3n) is 5.67. The fourth-order valence-electron chi connectivity index (χ4n) is 3.94. The first-order chi connectivity index (χ1) is 14.8. The molecule has 0 aliphatic carbocycles. The van der Waals surface area contributed by atoms with E-state index in [4.69, 9.17) is 0 Å². The van der Waals surface area contributed by atoms with Gasteiger partial charge >= 0.3 is 0 Å². The highest BCUT2D eigenvalue weighted by atomic mass is 16.2. The summed E-state index contributed by atoms with van der Waals surface area (Å²) in [5, 5.41) is 3.28. The van der Waals surface area contributed by atoms with Crippen molar-refractivity contribution in [1.29, 1.82) is 0 Å². The normalized spacial score (nSPS) is 13.6. The van der Waals surface area contributed by atoms with E-state index < -0.39 is 0 Å². The number of likely N-dealkylation sites (tertiary alicyclic amines) is 1. The summed E-state index contributed by atoms with van der Waals surface area (Å²) in [6.45, 7) is 6.97. The van der Waals surface area contributed by atoms with E-state index in [0.29, 0.717) is 24.1 Å². The number of pyridine rings is 2. The van der Waals surface area contributed by atoms with Gasteiger partial charge < -0.3 is 14.8 Å². The molecular weight excluding hydrogens is 392 g/mol. The second-order valence-electron chi connectivity index (χ2n) is 8.19. The molecule has 1 aliphatic heterocycles. The second-order valence-corrected chi connectivity index (χ2v) is 8.19. The molecule has 0 bridgehead atoms. The summed E-state index contributed by atoms with van der Waals surface area (Å²) >= 11 is 0. The minimum atomic E-state index is -0.342. The molecule has 3 aromatic rings.